The molecule has 0 fully saturated rings. The highest BCUT2D eigenvalue weighted by Gasteiger charge is 2.08. The summed E-state index contributed by atoms with van der Waals surface area (Å²) in [7, 11) is 0. The van der Waals surface area contributed by atoms with Crippen molar-refractivity contribution in [3.8, 4) is 0 Å². The number of oxazole rings is 1. The zero-order valence-corrected chi connectivity index (χ0v) is 8.62. The molecule has 2 rings (SSSR count). The van der Waals surface area contributed by atoms with Gasteiger partial charge in [0.1, 0.15) is 18.6 Å². The van der Waals surface area contributed by atoms with Crippen molar-refractivity contribution in [1.82, 2.24) is 19.7 Å². The van der Waals surface area contributed by atoms with E-state index in [1.807, 2.05) is 13.8 Å². The Balaban J connectivity index is 2.23. The van der Waals surface area contributed by atoms with Crippen molar-refractivity contribution in [2.24, 2.45) is 0 Å². The van der Waals surface area contributed by atoms with Crippen molar-refractivity contribution in [2.75, 3.05) is 0 Å². The van der Waals surface area contributed by atoms with E-state index in [1.54, 1.807) is 4.57 Å². The lowest BCUT2D eigenvalue weighted by molar-refractivity contribution is 0.456. The van der Waals surface area contributed by atoms with E-state index in [4.69, 9.17) is 16.0 Å². The number of aromatic nitrogens is 4. The van der Waals surface area contributed by atoms with Crippen molar-refractivity contribution in [1.29, 1.82) is 0 Å². The lowest BCUT2D eigenvalue weighted by atomic mass is 10.4. The molecule has 2 aromatic heterocycles. The zero-order valence-electron chi connectivity index (χ0n) is 7.86. The van der Waals surface area contributed by atoms with Gasteiger partial charge in [-0.1, -0.05) is 0 Å². The van der Waals surface area contributed by atoms with Gasteiger partial charge in [0.15, 0.2) is 0 Å². The van der Waals surface area contributed by atoms with Crippen molar-refractivity contribution in [2.45, 2.75) is 20.4 Å². The van der Waals surface area contributed by atoms with Crippen molar-refractivity contribution in [3.63, 3.8) is 0 Å². The summed E-state index contributed by atoms with van der Waals surface area (Å²) >= 11 is 5.76. The quantitative estimate of drug-likeness (QED) is 0.759. The fourth-order valence-corrected chi connectivity index (χ4v) is 1.25. The molecular formula is C8H9ClN4O. The van der Waals surface area contributed by atoms with Crippen LogP contribution in [0.25, 0.3) is 0 Å². The Labute approximate surface area is 85.7 Å². The highest BCUT2D eigenvalue weighted by Crippen LogP contribution is 2.11. The molecule has 0 saturated heterocycles. The molecule has 6 heteroatoms. The number of aryl methyl sites for hydroxylation is 2. The van der Waals surface area contributed by atoms with Crippen LogP contribution in [-0.2, 0) is 6.54 Å². The Morgan fingerprint density at radius 3 is 2.79 bits per heavy atom. The molecule has 2 aromatic rings. The van der Waals surface area contributed by atoms with E-state index < -0.39 is 0 Å². The summed E-state index contributed by atoms with van der Waals surface area (Å²) in [6, 6.07) is 0. The normalized spacial score (nSPS) is 10.8. The predicted molar refractivity (Wildman–Crippen MR) is 50.1 cm³/mol. The Hall–Kier alpha value is -1.36. The SMILES string of the molecule is Cc1nc(Cn2cnnc2Cl)oc1C. The van der Waals surface area contributed by atoms with E-state index in [-0.39, 0.29) is 0 Å². The Morgan fingerprint density at radius 2 is 2.29 bits per heavy atom. The predicted octanol–water partition coefficient (Wildman–Crippen LogP) is 1.58. The van der Waals surface area contributed by atoms with Gasteiger partial charge in [0.2, 0.25) is 11.2 Å². The Bertz CT molecular complexity index is 428. The maximum Gasteiger partial charge on any atom is 0.225 e. The average molecular weight is 213 g/mol. The minimum Gasteiger partial charge on any atom is -0.444 e. The summed E-state index contributed by atoms with van der Waals surface area (Å²) in [5.74, 6) is 1.44. The maximum atomic E-state index is 5.76. The van der Waals surface area contributed by atoms with Gasteiger partial charge >= 0.3 is 0 Å². The van der Waals surface area contributed by atoms with Gasteiger partial charge in [-0.2, -0.15) is 0 Å². The van der Waals surface area contributed by atoms with Crippen LogP contribution < -0.4 is 0 Å². The van der Waals surface area contributed by atoms with Gasteiger partial charge in [-0.05, 0) is 25.4 Å². The van der Waals surface area contributed by atoms with Crippen molar-refractivity contribution >= 4 is 11.6 Å². The third kappa shape index (κ3) is 1.63. The van der Waals surface area contributed by atoms with Crippen LogP contribution in [0, 0.1) is 13.8 Å². The van der Waals surface area contributed by atoms with Crippen LogP contribution in [0.15, 0.2) is 10.7 Å². The number of hydrogen-bond acceptors (Lipinski definition) is 4. The third-order valence-electron chi connectivity index (χ3n) is 1.95. The molecule has 0 saturated carbocycles. The van der Waals surface area contributed by atoms with E-state index in [9.17, 15) is 0 Å². The molecule has 0 amide bonds. The molecule has 0 aromatic carbocycles. The van der Waals surface area contributed by atoms with Crippen LogP contribution in [0.1, 0.15) is 17.3 Å². The van der Waals surface area contributed by atoms with Crippen molar-refractivity contribution in [3.05, 3.63) is 29.0 Å². The molecule has 0 aliphatic heterocycles. The molecule has 0 radical (unpaired) electrons. The minimum absolute atomic E-state index is 0.332. The fraction of sp³-hybridized carbons (Fsp3) is 0.375. The van der Waals surface area contributed by atoms with Crippen LogP contribution in [0.5, 0.6) is 0 Å². The highest BCUT2D eigenvalue weighted by atomic mass is 35.5. The smallest absolute Gasteiger partial charge is 0.225 e. The zero-order chi connectivity index (χ0) is 10.1. The molecule has 0 aliphatic rings. The standard InChI is InChI=1S/C8H9ClN4O/c1-5-6(2)14-7(11-5)3-13-4-10-12-8(13)9/h4H,3H2,1-2H3. The average Bonchev–Trinajstić information content (AvgIpc) is 2.63. The number of halogens is 1. The first-order valence-corrected chi connectivity index (χ1v) is 4.51. The number of nitrogens with zero attached hydrogens (tertiary/aromatic N) is 4. The van der Waals surface area contributed by atoms with Gasteiger partial charge in [0, 0.05) is 0 Å². The van der Waals surface area contributed by atoms with Crippen LogP contribution in [0.2, 0.25) is 5.28 Å². The fourth-order valence-electron chi connectivity index (χ4n) is 1.10. The molecule has 0 aliphatic carbocycles. The Morgan fingerprint density at radius 1 is 1.50 bits per heavy atom. The molecule has 5 nitrogen and oxygen atoms in total. The van der Waals surface area contributed by atoms with Gasteiger partial charge in [0.05, 0.1) is 5.69 Å². The van der Waals surface area contributed by atoms with Gasteiger partial charge in [0.25, 0.3) is 0 Å². The van der Waals surface area contributed by atoms with Gasteiger partial charge in [-0.25, -0.2) is 4.98 Å². The van der Waals surface area contributed by atoms with E-state index >= 15 is 0 Å². The van der Waals surface area contributed by atoms with Crippen LogP contribution in [0.3, 0.4) is 0 Å². The van der Waals surface area contributed by atoms with Gasteiger partial charge < -0.3 is 4.42 Å². The lowest BCUT2D eigenvalue weighted by Crippen LogP contribution is -1.98. The summed E-state index contributed by atoms with van der Waals surface area (Å²) in [5.41, 5.74) is 0.893. The summed E-state index contributed by atoms with van der Waals surface area (Å²) in [4.78, 5) is 4.22. The minimum atomic E-state index is 0.332. The largest absolute Gasteiger partial charge is 0.444 e. The maximum absolute atomic E-state index is 5.76. The van der Waals surface area contributed by atoms with Gasteiger partial charge in [-0.15, -0.1) is 10.2 Å². The van der Waals surface area contributed by atoms with E-state index in [2.05, 4.69) is 15.2 Å². The molecule has 0 N–H and O–H groups in total. The molecule has 74 valence electrons. The van der Waals surface area contributed by atoms with Gasteiger partial charge in [-0.3, -0.25) is 4.57 Å². The van der Waals surface area contributed by atoms with Crippen molar-refractivity contribution < 1.29 is 4.42 Å². The topological polar surface area (TPSA) is 56.7 Å². The summed E-state index contributed by atoms with van der Waals surface area (Å²) < 4.78 is 7.06. The monoisotopic (exact) mass is 212 g/mol. The molecule has 0 unspecified atom stereocenters. The number of hydrogen-bond donors (Lipinski definition) is 0. The summed E-state index contributed by atoms with van der Waals surface area (Å²) in [6.07, 6.45) is 1.54. The van der Waals surface area contributed by atoms with Crippen LogP contribution in [0.4, 0.5) is 0 Å². The molecule has 14 heavy (non-hydrogen) atoms. The molecule has 0 atom stereocenters. The first-order chi connectivity index (χ1) is 6.66. The highest BCUT2D eigenvalue weighted by molar-refractivity contribution is 6.28. The first-order valence-electron chi connectivity index (χ1n) is 4.13. The summed E-state index contributed by atoms with van der Waals surface area (Å²) in [5, 5.41) is 7.64. The van der Waals surface area contributed by atoms with E-state index in [0.717, 1.165) is 11.5 Å². The third-order valence-corrected chi connectivity index (χ3v) is 2.24. The second-order valence-corrected chi connectivity index (χ2v) is 3.32. The van der Waals surface area contributed by atoms with E-state index in [1.165, 1.54) is 6.33 Å². The molecule has 2 heterocycles. The van der Waals surface area contributed by atoms with E-state index in [0.29, 0.717) is 17.7 Å². The molecule has 0 spiro atoms. The molecular weight excluding hydrogens is 204 g/mol. The first kappa shape index (κ1) is 9.21. The van der Waals surface area contributed by atoms with Crippen LogP contribution >= 0.6 is 11.6 Å². The second kappa shape index (κ2) is 3.42. The lowest BCUT2D eigenvalue weighted by Gasteiger charge is -1.96. The number of rotatable bonds is 2. The second-order valence-electron chi connectivity index (χ2n) is 2.98. The Kier molecular flexibility index (Phi) is 2.25. The van der Waals surface area contributed by atoms with Crippen LogP contribution in [-0.4, -0.2) is 19.7 Å². The molecule has 0 bridgehead atoms. The summed E-state index contributed by atoms with van der Waals surface area (Å²) in [6.45, 7) is 4.23.